The summed E-state index contributed by atoms with van der Waals surface area (Å²) in [6.45, 7) is 6.77. The summed E-state index contributed by atoms with van der Waals surface area (Å²) >= 11 is 3.46. The Morgan fingerprint density at radius 3 is 2.58 bits per heavy atom. The number of aromatic nitrogens is 1. The first kappa shape index (κ1) is 25.4. The van der Waals surface area contributed by atoms with Crippen molar-refractivity contribution < 1.29 is 23.8 Å². The lowest BCUT2D eigenvalue weighted by atomic mass is 9.86. The van der Waals surface area contributed by atoms with Gasteiger partial charge in [0.15, 0.2) is 11.2 Å². The molecular formula is C25H25BrN4O6. The number of carbonyl (C=O) groups excluding carboxylic acids is 2. The molecule has 10 nitrogen and oxygen atoms in total. The number of alkyl carbamates (subject to hydrolysis) is 1. The third-order valence-corrected chi connectivity index (χ3v) is 6.22. The van der Waals surface area contributed by atoms with E-state index in [1.807, 2.05) is 30.3 Å². The molecule has 0 bridgehead atoms. The Bertz CT molecular complexity index is 1330. The second kappa shape index (κ2) is 9.38. The van der Waals surface area contributed by atoms with Crippen LogP contribution in [0.2, 0.25) is 0 Å². The Kier molecular flexibility index (Phi) is 6.61. The van der Waals surface area contributed by atoms with Crippen LogP contribution in [0.15, 0.2) is 57.5 Å². The molecule has 1 N–H and O–H groups in total. The van der Waals surface area contributed by atoms with E-state index in [9.17, 15) is 19.7 Å². The van der Waals surface area contributed by atoms with Gasteiger partial charge in [-0.3, -0.25) is 14.9 Å². The van der Waals surface area contributed by atoms with Crippen LogP contribution in [0.1, 0.15) is 43.4 Å². The zero-order chi connectivity index (χ0) is 26.3. The number of benzene rings is 2. The van der Waals surface area contributed by atoms with Crippen LogP contribution < -0.4 is 10.2 Å². The maximum Gasteiger partial charge on any atom is 0.408 e. The second-order valence-electron chi connectivity index (χ2n) is 9.54. The zero-order valence-electron chi connectivity index (χ0n) is 20.2. The number of carbonyl (C=O) groups is 2. The summed E-state index contributed by atoms with van der Waals surface area (Å²) in [5.41, 5.74) is -0.962. The summed E-state index contributed by atoms with van der Waals surface area (Å²) in [4.78, 5) is 39.9. The monoisotopic (exact) mass is 556 g/mol. The van der Waals surface area contributed by atoms with Crippen molar-refractivity contribution in [2.24, 2.45) is 0 Å². The van der Waals surface area contributed by atoms with Crippen molar-refractivity contribution in [1.29, 1.82) is 0 Å². The predicted octanol–water partition coefficient (Wildman–Crippen LogP) is 5.16. The molecule has 3 aromatic rings. The van der Waals surface area contributed by atoms with Gasteiger partial charge in [0, 0.05) is 10.0 Å². The van der Waals surface area contributed by atoms with Crippen LogP contribution in [-0.4, -0.2) is 27.7 Å². The number of nitrogens with one attached hydrogen (secondary N) is 1. The zero-order valence-corrected chi connectivity index (χ0v) is 21.8. The van der Waals surface area contributed by atoms with Gasteiger partial charge in [0.05, 0.1) is 23.6 Å². The molecule has 0 spiro atoms. The van der Waals surface area contributed by atoms with Crippen LogP contribution in [0.5, 0.6) is 0 Å². The normalized spacial score (nSPS) is 17.1. The molecule has 1 aliphatic rings. The number of ether oxygens (including phenoxy) is 1. The highest BCUT2D eigenvalue weighted by Crippen LogP contribution is 2.45. The average molecular weight is 557 g/mol. The highest BCUT2D eigenvalue weighted by molar-refractivity contribution is 9.10. The summed E-state index contributed by atoms with van der Waals surface area (Å²) in [5.74, 6) is -0.606. The van der Waals surface area contributed by atoms with Gasteiger partial charge in [0.1, 0.15) is 5.60 Å². The number of halogens is 1. The highest BCUT2D eigenvalue weighted by atomic mass is 79.9. The van der Waals surface area contributed by atoms with Crippen LogP contribution in [0.3, 0.4) is 0 Å². The lowest BCUT2D eigenvalue weighted by Crippen LogP contribution is -2.55. The minimum atomic E-state index is -1.73. The van der Waals surface area contributed by atoms with Gasteiger partial charge in [-0.2, -0.15) is 0 Å². The third-order valence-electron chi connectivity index (χ3n) is 5.73. The first-order valence-electron chi connectivity index (χ1n) is 11.2. The van der Waals surface area contributed by atoms with E-state index in [0.717, 1.165) is 10.0 Å². The van der Waals surface area contributed by atoms with Crippen LogP contribution in [0.25, 0.3) is 0 Å². The Morgan fingerprint density at radius 1 is 1.25 bits per heavy atom. The second-order valence-corrected chi connectivity index (χ2v) is 10.5. The fourth-order valence-corrected chi connectivity index (χ4v) is 4.63. The molecule has 11 heteroatoms. The van der Waals surface area contributed by atoms with E-state index in [-0.39, 0.29) is 30.1 Å². The number of hydrogen-bond donors (Lipinski definition) is 1. The molecule has 36 heavy (non-hydrogen) atoms. The number of aryl methyl sites for hydroxylation is 1. The lowest BCUT2D eigenvalue weighted by molar-refractivity contribution is -0.386. The van der Waals surface area contributed by atoms with Gasteiger partial charge in [-0.1, -0.05) is 57.5 Å². The summed E-state index contributed by atoms with van der Waals surface area (Å²) < 4.78 is 11.5. The van der Waals surface area contributed by atoms with E-state index >= 15 is 0 Å². The Balaban J connectivity index is 1.87. The quantitative estimate of drug-likeness (QED) is 0.328. The van der Waals surface area contributed by atoms with E-state index in [4.69, 9.17) is 9.26 Å². The number of amides is 2. The molecule has 0 saturated carbocycles. The molecule has 1 aromatic heterocycles. The SMILES string of the molecule is Cc1noc(C[C@]2(NC(=O)OC(C)(C)C)C(=O)N(Cc3ccccc3)c3cc(Br)ccc32)c1[N+](=O)[O-]. The highest BCUT2D eigenvalue weighted by Gasteiger charge is 2.54. The fourth-order valence-electron chi connectivity index (χ4n) is 4.28. The summed E-state index contributed by atoms with van der Waals surface area (Å²) in [7, 11) is 0. The van der Waals surface area contributed by atoms with E-state index in [2.05, 4.69) is 26.4 Å². The Labute approximate surface area is 215 Å². The van der Waals surface area contributed by atoms with Crippen molar-refractivity contribution in [2.45, 2.75) is 51.8 Å². The summed E-state index contributed by atoms with van der Waals surface area (Å²) in [6.07, 6.45) is -1.17. The van der Waals surface area contributed by atoms with Gasteiger partial charge in [-0.15, -0.1) is 0 Å². The number of nitrogens with zero attached hydrogens (tertiary/aromatic N) is 3. The van der Waals surface area contributed by atoms with Crippen molar-refractivity contribution >= 4 is 39.3 Å². The minimum absolute atomic E-state index is 0.0741. The van der Waals surface area contributed by atoms with Crippen LogP contribution in [0, 0.1) is 17.0 Å². The van der Waals surface area contributed by atoms with Gasteiger partial charge in [0.25, 0.3) is 5.91 Å². The van der Waals surface area contributed by atoms with Gasteiger partial charge in [-0.05, 0) is 45.4 Å². The Hall–Kier alpha value is -3.73. The molecule has 2 aromatic carbocycles. The Morgan fingerprint density at radius 2 is 1.94 bits per heavy atom. The van der Waals surface area contributed by atoms with Gasteiger partial charge >= 0.3 is 11.8 Å². The number of fused-ring (bicyclic) bond motifs is 1. The van der Waals surface area contributed by atoms with Crippen LogP contribution in [0.4, 0.5) is 16.2 Å². The van der Waals surface area contributed by atoms with Crippen LogP contribution in [-0.2, 0) is 28.0 Å². The van der Waals surface area contributed by atoms with E-state index in [1.165, 1.54) is 6.92 Å². The van der Waals surface area contributed by atoms with Crippen molar-refractivity contribution in [2.75, 3.05) is 4.90 Å². The molecule has 1 atom stereocenters. The molecule has 1 aliphatic heterocycles. The van der Waals surface area contributed by atoms with E-state index < -0.39 is 28.1 Å². The number of anilines is 1. The maximum atomic E-state index is 14.2. The number of nitro groups is 1. The largest absolute Gasteiger partial charge is 0.444 e. The minimum Gasteiger partial charge on any atom is -0.444 e. The van der Waals surface area contributed by atoms with Crippen molar-refractivity contribution in [3.63, 3.8) is 0 Å². The first-order chi connectivity index (χ1) is 16.9. The molecule has 0 saturated heterocycles. The van der Waals surface area contributed by atoms with Gasteiger partial charge in [0.2, 0.25) is 5.76 Å². The summed E-state index contributed by atoms with van der Waals surface area (Å²) in [5, 5.41) is 18.2. The molecule has 0 radical (unpaired) electrons. The number of rotatable bonds is 6. The molecule has 2 heterocycles. The van der Waals surface area contributed by atoms with Crippen molar-refractivity contribution in [3.8, 4) is 0 Å². The molecule has 4 rings (SSSR count). The van der Waals surface area contributed by atoms with E-state index in [1.54, 1.807) is 43.9 Å². The maximum absolute atomic E-state index is 14.2. The van der Waals surface area contributed by atoms with Crippen molar-refractivity contribution in [3.05, 3.63) is 85.7 Å². The standard InChI is InChI=1S/C25H25BrN4O6/c1-15-21(30(33)34)20(36-28-15)13-25(27-23(32)35-24(2,3)4)18-11-10-17(26)12-19(18)29(22(25)31)14-16-8-6-5-7-9-16/h5-12H,13-14H2,1-4H3,(H,27,32)/t25-/m1/s1. The summed E-state index contributed by atoms with van der Waals surface area (Å²) in [6, 6.07) is 14.6. The lowest BCUT2D eigenvalue weighted by Gasteiger charge is -2.30. The topological polar surface area (TPSA) is 128 Å². The predicted molar refractivity (Wildman–Crippen MR) is 134 cm³/mol. The molecular weight excluding hydrogens is 532 g/mol. The van der Waals surface area contributed by atoms with Crippen LogP contribution >= 0.6 is 15.9 Å². The van der Waals surface area contributed by atoms with Gasteiger partial charge in [-0.25, -0.2) is 4.79 Å². The molecule has 0 aliphatic carbocycles. The molecule has 0 unspecified atom stereocenters. The van der Waals surface area contributed by atoms with E-state index in [0.29, 0.717) is 11.3 Å². The first-order valence-corrected chi connectivity index (χ1v) is 12.0. The molecule has 2 amide bonds. The smallest absolute Gasteiger partial charge is 0.408 e. The van der Waals surface area contributed by atoms with Gasteiger partial charge < -0.3 is 19.5 Å². The average Bonchev–Trinajstić information content (AvgIpc) is 3.24. The third kappa shape index (κ3) is 4.83. The fraction of sp³-hybridized carbons (Fsp3) is 0.320. The van der Waals surface area contributed by atoms with Crippen molar-refractivity contribution in [1.82, 2.24) is 10.5 Å². The molecule has 0 fully saturated rings. The molecule has 188 valence electrons. The number of hydrogen-bond acceptors (Lipinski definition) is 7.